The van der Waals surface area contributed by atoms with Gasteiger partial charge < -0.3 is 20.7 Å². The first-order valence-corrected chi connectivity index (χ1v) is 10.8. The van der Waals surface area contributed by atoms with Gasteiger partial charge in [0, 0.05) is 46.3 Å². The molecule has 3 rings (SSSR count). The summed E-state index contributed by atoms with van der Waals surface area (Å²) in [6.45, 7) is 10.8. The number of benzene rings is 1. The standard InChI is InChI=1S/C20H32N6OS.HI/c1-15(2)13-26-10-11-27-16(14-26)12-24-19(21-3)22-8-9-23-20-25-17-6-4-5-7-18(17)28-20;/h4-7,15-16H,8-14H2,1-3H3,(H,23,25)(H2,21,22,24);1H. The Labute approximate surface area is 194 Å². The smallest absolute Gasteiger partial charge is 0.191 e. The van der Waals surface area contributed by atoms with E-state index in [1.807, 2.05) is 18.2 Å². The Morgan fingerprint density at radius 1 is 1.31 bits per heavy atom. The van der Waals surface area contributed by atoms with Crippen molar-refractivity contribution < 1.29 is 4.74 Å². The lowest BCUT2D eigenvalue weighted by Crippen LogP contribution is -2.50. The van der Waals surface area contributed by atoms with Gasteiger partial charge in [-0.3, -0.25) is 9.89 Å². The Morgan fingerprint density at radius 2 is 2.14 bits per heavy atom. The molecule has 1 aromatic carbocycles. The summed E-state index contributed by atoms with van der Waals surface area (Å²) < 4.78 is 7.09. The Hall–Kier alpha value is -1.17. The third-order valence-corrected chi connectivity index (χ3v) is 5.55. The zero-order valence-electron chi connectivity index (χ0n) is 17.5. The SMILES string of the molecule is CN=C(NCCNc1nc2ccccc2s1)NCC1CN(CC(C)C)CCO1.I. The van der Waals surface area contributed by atoms with Gasteiger partial charge in [-0.25, -0.2) is 4.98 Å². The van der Waals surface area contributed by atoms with Gasteiger partial charge in [0.05, 0.1) is 22.9 Å². The van der Waals surface area contributed by atoms with Gasteiger partial charge in [0.2, 0.25) is 0 Å². The van der Waals surface area contributed by atoms with Crippen LogP contribution in [0, 0.1) is 5.92 Å². The van der Waals surface area contributed by atoms with Crippen LogP contribution in [0.2, 0.25) is 0 Å². The fraction of sp³-hybridized carbons (Fsp3) is 0.600. The van der Waals surface area contributed by atoms with Gasteiger partial charge in [-0.05, 0) is 18.1 Å². The molecule has 0 radical (unpaired) electrons. The molecule has 2 aromatic rings. The molecule has 3 N–H and O–H groups in total. The lowest BCUT2D eigenvalue weighted by atomic mass is 10.2. The Bertz CT molecular complexity index is 735. The van der Waals surface area contributed by atoms with E-state index in [0.29, 0.717) is 5.92 Å². The van der Waals surface area contributed by atoms with E-state index in [1.165, 1.54) is 4.70 Å². The number of morpholine rings is 1. The van der Waals surface area contributed by atoms with Crippen molar-refractivity contribution in [3.63, 3.8) is 0 Å². The fourth-order valence-corrected chi connectivity index (χ4v) is 4.21. The van der Waals surface area contributed by atoms with Crippen LogP contribution in [0.4, 0.5) is 5.13 Å². The molecule has 1 aromatic heterocycles. The average Bonchev–Trinajstić information content (AvgIpc) is 3.10. The molecule has 29 heavy (non-hydrogen) atoms. The van der Waals surface area contributed by atoms with Gasteiger partial charge in [-0.1, -0.05) is 37.3 Å². The van der Waals surface area contributed by atoms with Gasteiger partial charge >= 0.3 is 0 Å². The number of guanidine groups is 1. The molecule has 0 aliphatic carbocycles. The van der Waals surface area contributed by atoms with Crippen molar-refractivity contribution in [1.29, 1.82) is 0 Å². The zero-order chi connectivity index (χ0) is 19.8. The Balaban J connectivity index is 0.00000300. The number of hydrogen-bond donors (Lipinski definition) is 3. The Kier molecular flexibility index (Phi) is 10.4. The maximum atomic E-state index is 5.89. The van der Waals surface area contributed by atoms with E-state index in [1.54, 1.807) is 18.4 Å². The molecular weight excluding hydrogens is 499 g/mol. The predicted octanol–water partition coefficient (Wildman–Crippen LogP) is 2.85. The number of rotatable bonds is 8. The quantitative estimate of drug-likeness (QED) is 0.210. The van der Waals surface area contributed by atoms with Crippen LogP contribution in [0.5, 0.6) is 0 Å². The lowest BCUT2D eigenvalue weighted by Gasteiger charge is -2.34. The van der Waals surface area contributed by atoms with E-state index in [0.717, 1.165) is 62.5 Å². The number of fused-ring (bicyclic) bond motifs is 1. The average molecular weight is 532 g/mol. The molecule has 0 bridgehead atoms. The number of thiazole rings is 1. The van der Waals surface area contributed by atoms with E-state index in [2.05, 4.69) is 50.7 Å². The van der Waals surface area contributed by atoms with Crippen molar-refractivity contribution in [3.05, 3.63) is 24.3 Å². The molecule has 0 amide bonds. The van der Waals surface area contributed by atoms with E-state index in [4.69, 9.17) is 4.74 Å². The molecule has 1 unspecified atom stereocenters. The zero-order valence-corrected chi connectivity index (χ0v) is 20.6. The van der Waals surface area contributed by atoms with Gasteiger partial charge in [0.15, 0.2) is 11.1 Å². The van der Waals surface area contributed by atoms with E-state index in [-0.39, 0.29) is 30.1 Å². The molecule has 0 spiro atoms. The molecule has 1 saturated heterocycles. The summed E-state index contributed by atoms with van der Waals surface area (Å²) in [6, 6.07) is 8.19. The number of anilines is 1. The summed E-state index contributed by atoms with van der Waals surface area (Å²) in [5.74, 6) is 1.49. The highest BCUT2D eigenvalue weighted by Crippen LogP contribution is 2.24. The highest BCUT2D eigenvalue weighted by molar-refractivity contribution is 14.0. The van der Waals surface area contributed by atoms with Crippen LogP contribution >= 0.6 is 35.3 Å². The Morgan fingerprint density at radius 3 is 2.90 bits per heavy atom. The molecule has 7 nitrogen and oxygen atoms in total. The van der Waals surface area contributed by atoms with Crippen LogP contribution < -0.4 is 16.0 Å². The van der Waals surface area contributed by atoms with Crippen LogP contribution in [0.1, 0.15) is 13.8 Å². The first-order chi connectivity index (χ1) is 13.6. The highest BCUT2D eigenvalue weighted by atomic mass is 127. The summed E-state index contributed by atoms with van der Waals surface area (Å²) in [6.07, 6.45) is 0.201. The predicted molar refractivity (Wildman–Crippen MR) is 134 cm³/mol. The molecule has 162 valence electrons. The van der Waals surface area contributed by atoms with E-state index in [9.17, 15) is 0 Å². The maximum absolute atomic E-state index is 5.89. The van der Waals surface area contributed by atoms with Gasteiger partial charge in [0.1, 0.15) is 0 Å². The van der Waals surface area contributed by atoms with Crippen molar-refractivity contribution in [2.75, 3.05) is 58.2 Å². The number of para-hydroxylation sites is 1. The third kappa shape index (κ3) is 7.88. The molecule has 1 aliphatic heterocycles. The number of nitrogens with one attached hydrogen (secondary N) is 3. The number of aromatic nitrogens is 1. The summed E-state index contributed by atoms with van der Waals surface area (Å²) in [4.78, 5) is 11.4. The molecule has 1 aliphatic rings. The van der Waals surface area contributed by atoms with Crippen LogP contribution in [0.15, 0.2) is 29.3 Å². The lowest BCUT2D eigenvalue weighted by molar-refractivity contribution is -0.0284. The van der Waals surface area contributed by atoms with Crippen molar-refractivity contribution in [2.45, 2.75) is 20.0 Å². The normalized spacial score (nSPS) is 17.9. The highest BCUT2D eigenvalue weighted by Gasteiger charge is 2.21. The minimum absolute atomic E-state index is 0. The van der Waals surface area contributed by atoms with Crippen LogP contribution in [0.3, 0.4) is 0 Å². The van der Waals surface area contributed by atoms with Crippen LogP contribution in [-0.4, -0.2) is 74.9 Å². The minimum Gasteiger partial charge on any atom is -0.374 e. The number of aliphatic imine (C=N–C) groups is 1. The van der Waals surface area contributed by atoms with E-state index >= 15 is 0 Å². The van der Waals surface area contributed by atoms with Crippen molar-refractivity contribution >= 4 is 56.6 Å². The van der Waals surface area contributed by atoms with Crippen LogP contribution in [-0.2, 0) is 4.74 Å². The fourth-order valence-electron chi connectivity index (χ4n) is 3.32. The number of halogens is 1. The summed E-state index contributed by atoms with van der Waals surface area (Å²) >= 11 is 1.68. The van der Waals surface area contributed by atoms with Gasteiger partial charge in [-0.15, -0.1) is 24.0 Å². The maximum Gasteiger partial charge on any atom is 0.191 e. The molecule has 0 saturated carbocycles. The molecule has 1 atom stereocenters. The summed E-state index contributed by atoms with van der Waals surface area (Å²) in [5, 5.41) is 11.0. The van der Waals surface area contributed by atoms with Crippen molar-refractivity contribution in [1.82, 2.24) is 20.5 Å². The second kappa shape index (κ2) is 12.5. The second-order valence-electron chi connectivity index (χ2n) is 7.44. The van der Waals surface area contributed by atoms with Crippen LogP contribution in [0.25, 0.3) is 10.2 Å². The third-order valence-electron chi connectivity index (χ3n) is 4.55. The number of hydrogen-bond acceptors (Lipinski definition) is 6. The topological polar surface area (TPSA) is 73.8 Å². The van der Waals surface area contributed by atoms with Crippen molar-refractivity contribution in [2.24, 2.45) is 10.9 Å². The van der Waals surface area contributed by atoms with Crippen molar-refractivity contribution in [3.8, 4) is 0 Å². The van der Waals surface area contributed by atoms with Gasteiger partial charge in [0.25, 0.3) is 0 Å². The minimum atomic E-state index is 0. The molecule has 1 fully saturated rings. The van der Waals surface area contributed by atoms with E-state index < -0.39 is 0 Å². The summed E-state index contributed by atoms with van der Waals surface area (Å²) in [5.41, 5.74) is 1.04. The first kappa shape index (κ1) is 24.1. The molecule has 2 heterocycles. The molecular formula is C20H33IN6OS. The molecule has 9 heteroatoms. The van der Waals surface area contributed by atoms with Gasteiger partial charge in [-0.2, -0.15) is 0 Å². The largest absolute Gasteiger partial charge is 0.374 e. The summed E-state index contributed by atoms with van der Waals surface area (Å²) in [7, 11) is 1.79. The first-order valence-electron chi connectivity index (χ1n) is 10.0. The number of nitrogens with zero attached hydrogens (tertiary/aromatic N) is 3. The number of ether oxygens (including phenoxy) is 1. The second-order valence-corrected chi connectivity index (χ2v) is 8.47. The monoisotopic (exact) mass is 532 g/mol.